The molecule has 0 amide bonds. The van der Waals surface area contributed by atoms with Crippen molar-refractivity contribution in [2.45, 2.75) is 59.0 Å². The normalized spacial score (nSPS) is 13.4. The first-order valence-corrected chi connectivity index (χ1v) is 6.75. The van der Waals surface area contributed by atoms with Gasteiger partial charge in [-0.25, -0.2) is 4.79 Å². The second kappa shape index (κ2) is 9.42. The molecule has 0 atom stereocenters. The summed E-state index contributed by atoms with van der Waals surface area (Å²) in [6.07, 6.45) is 13.4. The minimum atomic E-state index is -1.23. The van der Waals surface area contributed by atoms with Crippen LogP contribution in [0.2, 0.25) is 0 Å². The molecule has 0 saturated carbocycles. The van der Waals surface area contributed by atoms with Gasteiger partial charge in [0.25, 0.3) is 0 Å². The minimum Gasteiger partial charge on any atom is -0.450 e. The Balaban J connectivity index is 4.02. The summed E-state index contributed by atoms with van der Waals surface area (Å²) in [5, 5.41) is 8.64. The zero-order chi connectivity index (χ0) is 14.7. The van der Waals surface area contributed by atoms with Gasteiger partial charge < -0.3 is 9.84 Å². The van der Waals surface area contributed by atoms with Crippen LogP contribution in [-0.4, -0.2) is 16.9 Å². The molecule has 3 nitrogen and oxygen atoms in total. The van der Waals surface area contributed by atoms with Crippen molar-refractivity contribution in [1.82, 2.24) is 0 Å². The Morgan fingerprint density at radius 2 is 1.63 bits per heavy atom. The summed E-state index contributed by atoms with van der Waals surface area (Å²) in [4.78, 5) is 10.6. The van der Waals surface area contributed by atoms with E-state index in [1.807, 2.05) is 19.9 Å². The van der Waals surface area contributed by atoms with Crippen molar-refractivity contribution >= 4 is 6.16 Å². The van der Waals surface area contributed by atoms with Crippen LogP contribution in [0.5, 0.6) is 0 Å². The molecule has 0 fully saturated rings. The summed E-state index contributed by atoms with van der Waals surface area (Å²) in [5.74, 6) is 0. The van der Waals surface area contributed by atoms with E-state index in [1.165, 1.54) is 0 Å². The first-order valence-electron chi connectivity index (χ1n) is 6.75. The van der Waals surface area contributed by atoms with E-state index in [9.17, 15) is 4.79 Å². The summed E-state index contributed by atoms with van der Waals surface area (Å²) in [5.41, 5.74) is 0.193. The van der Waals surface area contributed by atoms with Gasteiger partial charge in [0.15, 0.2) is 0 Å². The molecule has 0 spiro atoms. The van der Waals surface area contributed by atoms with Crippen LogP contribution in [0.3, 0.4) is 0 Å². The average Bonchev–Trinajstić information content (AvgIpc) is 2.30. The Labute approximate surface area is 116 Å². The standard InChI is InChI=1S/C16H26O3/c1-5-6-7-8-9-10-11-12-13-14(2)16(3,4)19-15(17)18/h5-6,9-10,13H,7-8,11-12H2,1-4H3,(H,17,18). The van der Waals surface area contributed by atoms with E-state index in [1.54, 1.807) is 13.8 Å². The fourth-order valence-corrected chi connectivity index (χ4v) is 1.54. The van der Waals surface area contributed by atoms with Crippen molar-refractivity contribution < 1.29 is 14.6 Å². The Morgan fingerprint density at radius 3 is 2.16 bits per heavy atom. The van der Waals surface area contributed by atoms with Gasteiger partial charge in [-0.05, 0) is 59.0 Å². The van der Waals surface area contributed by atoms with Crippen LogP contribution in [0.4, 0.5) is 4.79 Å². The summed E-state index contributed by atoms with van der Waals surface area (Å²) in [6, 6.07) is 0. The largest absolute Gasteiger partial charge is 0.506 e. The first-order chi connectivity index (χ1) is 8.90. The number of unbranched alkanes of at least 4 members (excludes halogenated alkanes) is 2. The summed E-state index contributed by atoms with van der Waals surface area (Å²) in [7, 11) is 0. The van der Waals surface area contributed by atoms with Crippen LogP contribution in [0.1, 0.15) is 53.4 Å². The third-order valence-corrected chi connectivity index (χ3v) is 2.98. The monoisotopic (exact) mass is 266 g/mol. The molecule has 0 bridgehead atoms. The van der Waals surface area contributed by atoms with Crippen LogP contribution >= 0.6 is 0 Å². The van der Waals surface area contributed by atoms with Gasteiger partial charge in [-0.2, -0.15) is 0 Å². The summed E-state index contributed by atoms with van der Waals surface area (Å²) in [6.45, 7) is 7.46. The minimum absolute atomic E-state index is 0.749. The zero-order valence-corrected chi connectivity index (χ0v) is 12.5. The van der Waals surface area contributed by atoms with E-state index in [-0.39, 0.29) is 0 Å². The third kappa shape index (κ3) is 9.11. The van der Waals surface area contributed by atoms with Crippen molar-refractivity contribution in [3.63, 3.8) is 0 Å². The highest BCUT2D eigenvalue weighted by Gasteiger charge is 2.24. The highest BCUT2D eigenvalue weighted by Crippen LogP contribution is 2.21. The quantitative estimate of drug-likeness (QED) is 0.378. The van der Waals surface area contributed by atoms with Crippen molar-refractivity contribution in [3.8, 4) is 0 Å². The van der Waals surface area contributed by atoms with Crippen molar-refractivity contribution in [2.75, 3.05) is 0 Å². The first kappa shape index (κ1) is 17.5. The van der Waals surface area contributed by atoms with Crippen LogP contribution in [0.25, 0.3) is 0 Å². The Bertz CT molecular complexity index is 349. The highest BCUT2D eigenvalue weighted by atomic mass is 16.7. The molecule has 0 aliphatic heterocycles. The molecule has 0 aromatic heterocycles. The molecule has 19 heavy (non-hydrogen) atoms. The molecule has 0 saturated heterocycles. The summed E-state index contributed by atoms with van der Waals surface area (Å²) >= 11 is 0. The van der Waals surface area contributed by atoms with Gasteiger partial charge >= 0.3 is 6.16 Å². The lowest BCUT2D eigenvalue weighted by Crippen LogP contribution is -2.28. The van der Waals surface area contributed by atoms with Crippen LogP contribution < -0.4 is 0 Å². The molecule has 0 aromatic carbocycles. The molecule has 108 valence electrons. The highest BCUT2D eigenvalue weighted by molar-refractivity contribution is 5.58. The Morgan fingerprint density at radius 1 is 1.11 bits per heavy atom. The average molecular weight is 266 g/mol. The number of allylic oxidation sites excluding steroid dienone is 5. The van der Waals surface area contributed by atoms with Gasteiger partial charge in [-0.3, -0.25) is 0 Å². The van der Waals surface area contributed by atoms with Crippen LogP contribution in [-0.2, 0) is 4.74 Å². The molecule has 0 rings (SSSR count). The maximum Gasteiger partial charge on any atom is 0.506 e. The second-order valence-electron chi connectivity index (χ2n) is 4.96. The van der Waals surface area contributed by atoms with E-state index in [2.05, 4.69) is 24.3 Å². The third-order valence-electron chi connectivity index (χ3n) is 2.98. The number of carbonyl (C=O) groups is 1. The topological polar surface area (TPSA) is 46.5 Å². The molecule has 0 aliphatic carbocycles. The molecule has 0 heterocycles. The fraction of sp³-hybridized carbons (Fsp3) is 0.562. The predicted octanol–water partition coefficient (Wildman–Crippen LogP) is 5.10. The van der Waals surface area contributed by atoms with E-state index in [0.717, 1.165) is 31.3 Å². The molecule has 0 unspecified atom stereocenters. The van der Waals surface area contributed by atoms with E-state index >= 15 is 0 Å². The molecule has 0 radical (unpaired) electrons. The fourth-order valence-electron chi connectivity index (χ4n) is 1.54. The molecule has 0 aliphatic rings. The van der Waals surface area contributed by atoms with Gasteiger partial charge in [0.05, 0.1) is 0 Å². The lowest BCUT2D eigenvalue weighted by atomic mass is 9.98. The van der Waals surface area contributed by atoms with Crippen molar-refractivity contribution in [2.24, 2.45) is 0 Å². The zero-order valence-electron chi connectivity index (χ0n) is 12.5. The van der Waals surface area contributed by atoms with Crippen molar-refractivity contribution in [1.29, 1.82) is 0 Å². The molecule has 0 aromatic rings. The lowest BCUT2D eigenvalue weighted by molar-refractivity contribution is 0.0243. The molecular formula is C16H26O3. The van der Waals surface area contributed by atoms with Crippen LogP contribution in [0, 0.1) is 0 Å². The Kier molecular flexibility index (Phi) is 8.68. The van der Waals surface area contributed by atoms with Gasteiger partial charge in [0.2, 0.25) is 0 Å². The van der Waals surface area contributed by atoms with Gasteiger partial charge in [-0.15, -0.1) is 0 Å². The van der Waals surface area contributed by atoms with Gasteiger partial charge in [0.1, 0.15) is 5.60 Å². The van der Waals surface area contributed by atoms with E-state index in [0.29, 0.717) is 0 Å². The van der Waals surface area contributed by atoms with Gasteiger partial charge in [0, 0.05) is 0 Å². The Hall–Kier alpha value is -1.51. The second-order valence-corrected chi connectivity index (χ2v) is 4.96. The number of hydrogen-bond donors (Lipinski definition) is 1. The van der Waals surface area contributed by atoms with Crippen LogP contribution in [0.15, 0.2) is 36.0 Å². The number of ether oxygens (including phenoxy) is 1. The van der Waals surface area contributed by atoms with Gasteiger partial charge in [-0.1, -0.05) is 30.4 Å². The molecule has 3 heteroatoms. The SMILES string of the molecule is CC=CCCC=CCCC=C(C)C(C)(C)OC(=O)O. The van der Waals surface area contributed by atoms with E-state index < -0.39 is 11.8 Å². The lowest BCUT2D eigenvalue weighted by Gasteiger charge is -2.24. The number of rotatable bonds is 8. The number of hydrogen-bond acceptors (Lipinski definition) is 2. The summed E-state index contributed by atoms with van der Waals surface area (Å²) < 4.78 is 4.84. The maximum absolute atomic E-state index is 10.6. The molecular weight excluding hydrogens is 240 g/mol. The predicted molar refractivity (Wildman–Crippen MR) is 79.4 cm³/mol. The maximum atomic E-state index is 10.6. The van der Waals surface area contributed by atoms with E-state index in [4.69, 9.17) is 9.84 Å². The molecule has 1 N–H and O–H groups in total. The van der Waals surface area contributed by atoms with Crippen molar-refractivity contribution in [3.05, 3.63) is 36.0 Å². The smallest absolute Gasteiger partial charge is 0.450 e. The number of carboxylic acid groups (broad SMARTS) is 1.